The van der Waals surface area contributed by atoms with Crippen LogP contribution >= 0.6 is 0 Å². The van der Waals surface area contributed by atoms with Gasteiger partial charge in [-0.05, 0) is 61.1 Å². The van der Waals surface area contributed by atoms with Gasteiger partial charge in [-0.15, -0.1) is 0 Å². The van der Waals surface area contributed by atoms with E-state index in [0.717, 1.165) is 22.2 Å². The van der Waals surface area contributed by atoms with E-state index in [4.69, 9.17) is 0 Å². The number of H-pyrrole nitrogens is 1. The number of benzene rings is 1. The maximum absolute atomic E-state index is 12.8. The highest BCUT2D eigenvalue weighted by Gasteiger charge is 2.40. The van der Waals surface area contributed by atoms with Crippen LogP contribution in [0.4, 0.5) is 0 Å². The summed E-state index contributed by atoms with van der Waals surface area (Å²) in [6.45, 7) is 2.24. The minimum absolute atomic E-state index is 0.0227. The van der Waals surface area contributed by atoms with Crippen LogP contribution in [0.25, 0.3) is 22.2 Å². The van der Waals surface area contributed by atoms with E-state index < -0.39 is 19.9 Å². The van der Waals surface area contributed by atoms with Crippen molar-refractivity contribution in [1.29, 1.82) is 0 Å². The number of pyridine rings is 1. The molecule has 1 saturated carbocycles. The number of nitrogens with zero attached hydrogens (tertiary/aromatic N) is 1. The quantitative estimate of drug-likeness (QED) is 0.609. The van der Waals surface area contributed by atoms with E-state index in [1.165, 1.54) is 18.5 Å². The molecule has 7 nitrogen and oxygen atoms in total. The minimum Gasteiger partial charge on any atom is -0.343 e. The van der Waals surface area contributed by atoms with Crippen LogP contribution in [0, 0.1) is 0 Å². The van der Waals surface area contributed by atoms with Gasteiger partial charge in [0.15, 0.2) is 0 Å². The molecule has 31 heavy (non-hydrogen) atoms. The summed E-state index contributed by atoms with van der Waals surface area (Å²) in [7, 11) is -6.75. The van der Waals surface area contributed by atoms with Gasteiger partial charge in [-0.2, -0.15) is 0 Å². The van der Waals surface area contributed by atoms with Gasteiger partial charge in [-0.1, -0.05) is 19.1 Å². The molecular formula is C22H25N3O4S2. The average molecular weight is 460 g/mol. The van der Waals surface area contributed by atoms with Crippen molar-refractivity contribution in [2.45, 2.75) is 49.0 Å². The zero-order chi connectivity index (χ0) is 21.9. The Morgan fingerprint density at radius 3 is 2.42 bits per heavy atom. The standard InChI is InChI=1S/C22H25N3O4S2/c1-22(9-10-22)20-14-19-18(6-11-23-21(19)24-20)15-2-4-17(5-3-15)31(28,29)25-16-7-12-30(26,27)13-8-16/h2-6,11,14,16,25H,7-10,12-13H2,1H3,(H,23,24). The second-order valence-electron chi connectivity index (χ2n) is 8.94. The largest absolute Gasteiger partial charge is 0.343 e. The SMILES string of the molecule is CC1(c2cc3c(-c4ccc(S(=O)(=O)NC5CCS(=O)(=O)CC5)cc4)ccnc3[nH]2)CC1. The molecule has 164 valence electrons. The molecule has 1 saturated heterocycles. The minimum atomic E-state index is -3.71. The fourth-order valence-electron chi connectivity index (χ4n) is 4.17. The van der Waals surface area contributed by atoms with Crippen LogP contribution in [-0.2, 0) is 25.3 Å². The van der Waals surface area contributed by atoms with Crippen LogP contribution in [0.2, 0.25) is 0 Å². The summed E-state index contributed by atoms with van der Waals surface area (Å²) in [4.78, 5) is 8.07. The lowest BCUT2D eigenvalue weighted by atomic mass is 10.0. The van der Waals surface area contributed by atoms with Crippen molar-refractivity contribution >= 4 is 30.9 Å². The second kappa shape index (κ2) is 7.15. The maximum atomic E-state index is 12.8. The van der Waals surface area contributed by atoms with Crippen molar-refractivity contribution in [1.82, 2.24) is 14.7 Å². The topological polar surface area (TPSA) is 109 Å². The van der Waals surface area contributed by atoms with E-state index in [0.29, 0.717) is 12.8 Å². The van der Waals surface area contributed by atoms with Crippen LogP contribution in [0.5, 0.6) is 0 Å². The fraction of sp³-hybridized carbons (Fsp3) is 0.409. The Balaban J connectivity index is 1.39. The Hall–Kier alpha value is -2.23. The molecule has 0 unspecified atom stereocenters. The molecule has 2 aliphatic rings. The summed E-state index contributed by atoms with van der Waals surface area (Å²) in [5.74, 6) is 0.0454. The van der Waals surface area contributed by atoms with Crippen LogP contribution in [0.1, 0.15) is 38.3 Å². The maximum Gasteiger partial charge on any atom is 0.240 e. The number of aromatic nitrogens is 2. The Kier molecular flexibility index (Phi) is 4.76. The molecule has 1 aromatic carbocycles. The van der Waals surface area contributed by atoms with Gasteiger partial charge in [-0.3, -0.25) is 0 Å². The normalized spacial score (nSPS) is 20.7. The van der Waals surface area contributed by atoms with E-state index in [9.17, 15) is 16.8 Å². The first-order valence-electron chi connectivity index (χ1n) is 10.5. The average Bonchev–Trinajstić information content (AvgIpc) is 3.32. The number of nitrogens with one attached hydrogen (secondary N) is 2. The number of hydrogen-bond acceptors (Lipinski definition) is 5. The van der Waals surface area contributed by atoms with Crippen molar-refractivity contribution in [2.75, 3.05) is 11.5 Å². The second-order valence-corrected chi connectivity index (χ2v) is 13.0. The zero-order valence-corrected chi connectivity index (χ0v) is 18.9. The van der Waals surface area contributed by atoms with E-state index in [1.54, 1.807) is 30.5 Å². The highest BCUT2D eigenvalue weighted by atomic mass is 32.2. The molecule has 0 radical (unpaired) electrons. The number of sulfonamides is 1. The van der Waals surface area contributed by atoms with Crippen LogP contribution in [-0.4, -0.2) is 44.4 Å². The Morgan fingerprint density at radius 1 is 1.10 bits per heavy atom. The first kappa shape index (κ1) is 20.7. The first-order valence-corrected chi connectivity index (χ1v) is 13.8. The third-order valence-electron chi connectivity index (χ3n) is 6.53. The van der Waals surface area contributed by atoms with Crippen LogP contribution in [0.3, 0.4) is 0 Å². The van der Waals surface area contributed by atoms with Crippen molar-refractivity contribution in [3.63, 3.8) is 0 Å². The molecule has 2 aromatic heterocycles. The van der Waals surface area contributed by atoms with E-state index >= 15 is 0 Å². The van der Waals surface area contributed by atoms with E-state index in [2.05, 4.69) is 27.7 Å². The predicted octanol–water partition coefficient (Wildman–Crippen LogP) is 3.14. The molecule has 1 aliphatic carbocycles. The number of hydrogen-bond donors (Lipinski definition) is 2. The molecule has 0 bridgehead atoms. The third-order valence-corrected chi connectivity index (χ3v) is 9.79. The monoisotopic (exact) mass is 459 g/mol. The predicted molar refractivity (Wildman–Crippen MR) is 120 cm³/mol. The molecule has 3 heterocycles. The summed E-state index contributed by atoms with van der Waals surface area (Å²) in [5.41, 5.74) is 4.17. The van der Waals surface area contributed by atoms with Crippen molar-refractivity contribution in [3.05, 3.63) is 48.3 Å². The lowest BCUT2D eigenvalue weighted by Crippen LogP contribution is -2.40. The molecule has 2 fully saturated rings. The highest BCUT2D eigenvalue weighted by Crippen LogP contribution is 2.48. The molecule has 0 spiro atoms. The molecule has 1 aliphatic heterocycles. The smallest absolute Gasteiger partial charge is 0.240 e. The summed E-state index contributed by atoms with van der Waals surface area (Å²) in [5, 5.41) is 1.03. The Morgan fingerprint density at radius 2 is 1.77 bits per heavy atom. The molecule has 2 N–H and O–H groups in total. The van der Waals surface area contributed by atoms with Gasteiger partial charge >= 0.3 is 0 Å². The molecular weight excluding hydrogens is 434 g/mol. The van der Waals surface area contributed by atoms with Gasteiger partial charge < -0.3 is 4.98 Å². The molecule has 3 aromatic rings. The van der Waals surface area contributed by atoms with E-state index in [-0.39, 0.29) is 27.9 Å². The summed E-state index contributed by atoms with van der Waals surface area (Å²) < 4.78 is 51.3. The summed E-state index contributed by atoms with van der Waals surface area (Å²) in [6.07, 6.45) is 4.71. The first-order chi connectivity index (χ1) is 14.7. The summed E-state index contributed by atoms with van der Waals surface area (Å²) >= 11 is 0. The fourth-order valence-corrected chi connectivity index (χ4v) is 6.97. The zero-order valence-electron chi connectivity index (χ0n) is 17.3. The number of sulfone groups is 1. The lowest BCUT2D eigenvalue weighted by molar-refractivity contribution is 0.505. The molecule has 0 amide bonds. The van der Waals surface area contributed by atoms with Crippen LogP contribution in [0.15, 0.2) is 47.5 Å². The molecule has 0 atom stereocenters. The van der Waals surface area contributed by atoms with E-state index in [1.807, 2.05) is 6.07 Å². The Bertz CT molecular complexity index is 1340. The highest BCUT2D eigenvalue weighted by molar-refractivity contribution is 7.91. The van der Waals surface area contributed by atoms with Gasteiger partial charge in [0.25, 0.3) is 0 Å². The van der Waals surface area contributed by atoms with Gasteiger partial charge in [0.1, 0.15) is 15.5 Å². The third kappa shape index (κ3) is 4.02. The van der Waals surface area contributed by atoms with Gasteiger partial charge in [0, 0.05) is 28.7 Å². The van der Waals surface area contributed by atoms with Gasteiger partial charge in [-0.25, -0.2) is 26.5 Å². The molecule has 5 rings (SSSR count). The summed E-state index contributed by atoms with van der Waals surface area (Å²) in [6, 6.07) is 10.6. The van der Waals surface area contributed by atoms with Crippen molar-refractivity contribution in [2.24, 2.45) is 0 Å². The number of aromatic amines is 1. The van der Waals surface area contributed by atoms with Crippen molar-refractivity contribution < 1.29 is 16.8 Å². The molecule has 9 heteroatoms. The van der Waals surface area contributed by atoms with Crippen molar-refractivity contribution in [3.8, 4) is 11.1 Å². The number of rotatable bonds is 5. The van der Waals surface area contributed by atoms with Crippen LogP contribution < -0.4 is 4.72 Å². The lowest BCUT2D eigenvalue weighted by Gasteiger charge is -2.22. The number of fused-ring (bicyclic) bond motifs is 1. The Labute approximate surface area is 182 Å². The van der Waals surface area contributed by atoms with Gasteiger partial charge in [0.2, 0.25) is 10.0 Å². The van der Waals surface area contributed by atoms with Gasteiger partial charge in [0.05, 0.1) is 16.4 Å².